The van der Waals surface area contributed by atoms with Gasteiger partial charge in [-0.05, 0) is 79.1 Å². The van der Waals surface area contributed by atoms with Gasteiger partial charge in [0.05, 0.1) is 4.90 Å². The smallest absolute Gasteiger partial charge is 0.395 e. The zero-order valence-corrected chi connectivity index (χ0v) is 25.8. The van der Waals surface area contributed by atoms with Gasteiger partial charge < -0.3 is 14.2 Å². The van der Waals surface area contributed by atoms with Gasteiger partial charge in [-0.2, -0.15) is 47.9 Å². The molecular formula is C33H22F10O5S. The highest BCUT2D eigenvalue weighted by molar-refractivity contribution is 7.86. The van der Waals surface area contributed by atoms with Crippen LogP contribution in [-0.4, -0.2) is 32.0 Å². The van der Waals surface area contributed by atoms with Gasteiger partial charge in [0, 0.05) is 5.41 Å². The fourth-order valence-corrected chi connectivity index (χ4v) is 5.70. The summed E-state index contributed by atoms with van der Waals surface area (Å²) in [6, 6.07) is 16.3. The van der Waals surface area contributed by atoms with Crippen molar-refractivity contribution in [3.05, 3.63) is 131 Å². The van der Waals surface area contributed by atoms with Crippen molar-refractivity contribution in [2.75, 3.05) is 0 Å². The lowest BCUT2D eigenvalue weighted by Crippen LogP contribution is -2.89. The van der Waals surface area contributed by atoms with Crippen molar-refractivity contribution >= 4 is 10.2 Å². The summed E-state index contributed by atoms with van der Waals surface area (Å²) < 4.78 is 176. The number of rotatable bonds is 10. The average Bonchev–Trinajstić information content (AvgIpc) is 3.04. The van der Waals surface area contributed by atoms with Crippen molar-refractivity contribution in [2.45, 2.75) is 47.7 Å². The minimum absolute atomic E-state index is 0.268. The molecule has 16 heteroatoms. The maximum Gasteiger partial charge on any atom is 0.395 e. The molecule has 49 heavy (non-hydrogen) atoms. The summed E-state index contributed by atoms with van der Waals surface area (Å²) in [5.74, 6) is -24.0. The molecule has 1 fully saturated rings. The number of halogens is 10. The summed E-state index contributed by atoms with van der Waals surface area (Å²) in [5, 5.41) is 0. The highest BCUT2D eigenvalue weighted by Gasteiger charge is 3.03. The molecule has 0 radical (unpaired) electrons. The van der Waals surface area contributed by atoms with Crippen molar-refractivity contribution in [1.82, 2.24) is 0 Å². The Bertz CT molecular complexity index is 1980. The quantitative estimate of drug-likeness (QED) is 0.0707. The van der Waals surface area contributed by atoms with Crippen LogP contribution in [0, 0.1) is 6.92 Å². The van der Waals surface area contributed by atoms with E-state index in [1.807, 2.05) is 6.92 Å². The Balaban J connectivity index is 1.49. The summed E-state index contributed by atoms with van der Waals surface area (Å²) in [6.07, 6.45) is -2.67. The lowest BCUT2D eigenvalue weighted by atomic mass is 9.71. The van der Waals surface area contributed by atoms with Crippen LogP contribution in [0.2, 0.25) is 0 Å². The van der Waals surface area contributed by atoms with Crippen LogP contribution in [0.1, 0.15) is 29.2 Å². The molecule has 0 N–H and O–H groups in total. The Labute approximate surface area is 272 Å². The molecule has 0 amide bonds. The van der Waals surface area contributed by atoms with E-state index >= 15 is 8.78 Å². The predicted octanol–water partition coefficient (Wildman–Crippen LogP) is 9.50. The molecule has 260 valence electrons. The maximum absolute atomic E-state index is 15.8. The molecule has 0 saturated heterocycles. The van der Waals surface area contributed by atoms with Crippen molar-refractivity contribution in [3.63, 3.8) is 0 Å². The highest BCUT2D eigenvalue weighted by Crippen LogP contribution is 2.68. The lowest BCUT2D eigenvalue weighted by molar-refractivity contribution is -0.527. The molecule has 1 saturated carbocycles. The topological polar surface area (TPSA) is 61.8 Å². The van der Waals surface area contributed by atoms with E-state index in [0.717, 1.165) is 17.7 Å². The third-order valence-corrected chi connectivity index (χ3v) is 8.92. The first-order chi connectivity index (χ1) is 22.7. The van der Waals surface area contributed by atoms with E-state index < -0.39 is 67.7 Å². The Kier molecular flexibility index (Phi) is 8.71. The van der Waals surface area contributed by atoms with Gasteiger partial charge in [0.25, 0.3) is 0 Å². The van der Waals surface area contributed by atoms with Crippen LogP contribution in [0.15, 0.2) is 114 Å². The van der Waals surface area contributed by atoms with Gasteiger partial charge in [0.1, 0.15) is 17.2 Å². The van der Waals surface area contributed by atoms with Crippen LogP contribution in [0.3, 0.4) is 0 Å². The highest BCUT2D eigenvalue weighted by atomic mass is 32.3. The van der Waals surface area contributed by atoms with E-state index in [2.05, 4.69) is 14.2 Å². The Morgan fingerprint density at radius 1 is 0.592 bits per heavy atom. The normalized spacial score (nSPS) is 22.3. The average molecular weight is 721 g/mol. The molecule has 5 nitrogen and oxygen atoms in total. The van der Waals surface area contributed by atoms with Gasteiger partial charge in [-0.3, -0.25) is 0 Å². The van der Waals surface area contributed by atoms with Crippen molar-refractivity contribution < 1.29 is 66.0 Å². The van der Waals surface area contributed by atoms with Crippen LogP contribution >= 0.6 is 0 Å². The number of hydrogen-bond donors (Lipinski definition) is 0. The van der Waals surface area contributed by atoms with Crippen LogP contribution in [-0.2, 0) is 15.6 Å². The fourth-order valence-electron chi connectivity index (χ4n) is 5.24. The van der Waals surface area contributed by atoms with Crippen molar-refractivity contribution in [3.8, 4) is 17.2 Å². The number of alkyl halides is 6. The second kappa shape index (κ2) is 12.0. The zero-order chi connectivity index (χ0) is 36.2. The third-order valence-electron chi connectivity index (χ3n) is 8.09. The number of ether oxygens (including phenoxy) is 3. The van der Waals surface area contributed by atoms with E-state index in [9.17, 15) is 43.0 Å². The molecule has 5 rings (SSSR count). The third kappa shape index (κ3) is 5.74. The molecular weight excluding hydrogens is 698 g/mol. The summed E-state index contributed by atoms with van der Waals surface area (Å²) >= 11 is 0. The second-order valence-corrected chi connectivity index (χ2v) is 12.5. The first kappa shape index (κ1) is 35.6. The molecule has 0 heterocycles. The zero-order valence-electron chi connectivity index (χ0n) is 25.0. The Morgan fingerprint density at radius 3 is 1.31 bits per heavy atom. The van der Waals surface area contributed by atoms with Gasteiger partial charge >= 0.3 is 45.9 Å². The molecule has 4 aromatic carbocycles. The molecule has 1 aliphatic rings. The molecule has 3 atom stereocenters. The van der Waals surface area contributed by atoms with Gasteiger partial charge in [-0.25, -0.2) is 0 Å². The fraction of sp³-hybridized carbons (Fsp3) is 0.212. The van der Waals surface area contributed by atoms with E-state index in [4.69, 9.17) is 0 Å². The summed E-state index contributed by atoms with van der Waals surface area (Å²) in [5.41, 5.74) is 1.19. The van der Waals surface area contributed by atoms with E-state index in [1.165, 1.54) is 36.4 Å². The Hall–Kier alpha value is -4.73. The second-order valence-electron chi connectivity index (χ2n) is 11.1. The van der Waals surface area contributed by atoms with Gasteiger partial charge in [0.15, 0.2) is 0 Å². The van der Waals surface area contributed by atoms with Crippen molar-refractivity contribution in [1.29, 1.82) is 0 Å². The molecule has 0 bridgehead atoms. The first-order valence-corrected chi connectivity index (χ1v) is 15.3. The standard InChI is InChI=1S/C33H22F10O5S/c1-19-3-5-20(6-4-19)29(2,21-7-11-23(12-8-21)46-28(36)27(34)35)22-9-13-24(14-10-22)47-32(41)30(37,38)31(39,40)33(32,42)48-25-15-17-26(18-16-25)49(43,44)45/h3-18H,1-2H3. The van der Waals surface area contributed by atoms with Crippen LogP contribution in [0.25, 0.3) is 0 Å². The Morgan fingerprint density at radius 2 is 0.939 bits per heavy atom. The molecule has 3 unspecified atom stereocenters. The van der Waals surface area contributed by atoms with Crippen LogP contribution in [0.5, 0.6) is 17.2 Å². The number of benzene rings is 4. The van der Waals surface area contributed by atoms with E-state index in [-0.39, 0.29) is 5.75 Å². The van der Waals surface area contributed by atoms with Gasteiger partial charge in [0.2, 0.25) is 0 Å². The van der Waals surface area contributed by atoms with Gasteiger partial charge in [-0.1, -0.05) is 54.1 Å². The molecule has 0 spiro atoms. The maximum atomic E-state index is 15.8. The molecule has 4 aromatic rings. The molecule has 0 aromatic heterocycles. The van der Waals surface area contributed by atoms with Crippen molar-refractivity contribution in [2.24, 2.45) is 0 Å². The molecule has 0 aliphatic heterocycles. The summed E-state index contributed by atoms with van der Waals surface area (Å²) in [7, 11) is -5.28. The number of aryl methyl sites for hydroxylation is 1. The van der Waals surface area contributed by atoms with E-state index in [1.54, 1.807) is 31.2 Å². The van der Waals surface area contributed by atoms with Gasteiger partial charge in [-0.15, -0.1) is 3.89 Å². The lowest BCUT2D eigenvalue weighted by Gasteiger charge is -2.55. The van der Waals surface area contributed by atoms with Crippen LogP contribution < -0.4 is 14.2 Å². The minimum Gasteiger partial charge on any atom is -0.447 e. The number of hydrogen-bond acceptors (Lipinski definition) is 5. The van der Waals surface area contributed by atoms with Crippen LogP contribution in [0.4, 0.5) is 43.4 Å². The minimum atomic E-state index is -5.80. The summed E-state index contributed by atoms with van der Waals surface area (Å²) in [6.45, 7) is 3.51. The predicted molar refractivity (Wildman–Crippen MR) is 154 cm³/mol. The monoisotopic (exact) mass is 720 g/mol. The SMILES string of the molecule is Cc1ccc(C(C)(c2ccc(OC(F)=C(F)F)cc2)c2ccc(OC3(F)C(F)(F)C(F)(F)C3(F)Oc3ccc(S(=O)(=O)F)cc3)cc2)cc1. The largest absolute Gasteiger partial charge is 0.447 e. The summed E-state index contributed by atoms with van der Waals surface area (Å²) in [4.78, 5) is -0.999. The first-order valence-electron chi connectivity index (χ1n) is 13.9. The molecule has 1 aliphatic carbocycles. The van der Waals surface area contributed by atoms with E-state index in [0.29, 0.717) is 41.0 Å².